The molecule has 1 atom stereocenters. The molecule has 0 N–H and O–H groups in total. The summed E-state index contributed by atoms with van der Waals surface area (Å²) >= 11 is 3.37. The number of morpholine rings is 1. The third-order valence-corrected chi connectivity index (χ3v) is 3.46. The molecule has 6 heteroatoms. The zero-order chi connectivity index (χ0) is 13.3. The van der Waals surface area contributed by atoms with Crippen LogP contribution >= 0.6 is 15.9 Å². The summed E-state index contributed by atoms with van der Waals surface area (Å²) < 4.78 is 32.4. The van der Waals surface area contributed by atoms with Gasteiger partial charge in [0.1, 0.15) is 5.82 Å². The molecule has 1 aromatic rings. The minimum Gasteiger partial charge on any atom is -0.368 e. The average molecular weight is 321 g/mol. The van der Waals surface area contributed by atoms with E-state index in [-0.39, 0.29) is 17.5 Å². The van der Waals surface area contributed by atoms with Crippen molar-refractivity contribution < 1.29 is 13.5 Å². The van der Waals surface area contributed by atoms with Crippen LogP contribution in [-0.2, 0) is 4.74 Å². The monoisotopic (exact) mass is 320 g/mol. The molecule has 2 heterocycles. The molecular formula is C12H15BrF2N2O. The van der Waals surface area contributed by atoms with Crippen LogP contribution in [0.25, 0.3) is 0 Å². The van der Waals surface area contributed by atoms with Crippen molar-refractivity contribution in [1.82, 2.24) is 4.98 Å². The smallest absolute Gasteiger partial charge is 0.168 e. The molecule has 1 aliphatic rings. The Morgan fingerprint density at radius 3 is 2.89 bits per heavy atom. The lowest BCUT2D eigenvalue weighted by molar-refractivity contribution is -0.0727. The highest BCUT2D eigenvalue weighted by atomic mass is 79.9. The molecule has 1 fully saturated rings. The Hall–Kier alpha value is -0.750. The molecule has 100 valence electrons. The van der Waals surface area contributed by atoms with E-state index in [9.17, 15) is 8.78 Å². The number of ether oxygens (including phenoxy) is 1. The van der Waals surface area contributed by atoms with E-state index in [2.05, 4.69) is 20.9 Å². The summed E-state index contributed by atoms with van der Waals surface area (Å²) in [6.45, 7) is 4.93. The predicted octanol–water partition coefficient (Wildman–Crippen LogP) is 2.74. The van der Waals surface area contributed by atoms with E-state index in [0.29, 0.717) is 18.4 Å². The van der Waals surface area contributed by atoms with Crippen LogP contribution in [0.15, 0.2) is 12.3 Å². The van der Waals surface area contributed by atoms with Gasteiger partial charge in [0.15, 0.2) is 11.6 Å². The van der Waals surface area contributed by atoms with Gasteiger partial charge in [-0.1, -0.05) is 15.9 Å². The molecule has 0 amide bonds. The van der Waals surface area contributed by atoms with Gasteiger partial charge >= 0.3 is 0 Å². The first kappa shape index (κ1) is 13.7. The molecular weight excluding hydrogens is 306 g/mol. The number of pyridine rings is 1. The van der Waals surface area contributed by atoms with E-state index >= 15 is 0 Å². The highest BCUT2D eigenvalue weighted by Gasteiger charge is 2.34. The molecule has 0 aromatic carbocycles. The largest absolute Gasteiger partial charge is 0.368 e. The van der Waals surface area contributed by atoms with Crippen LogP contribution in [0, 0.1) is 11.6 Å². The van der Waals surface area contributed by atoms with Crippen molar-refractivity contribution in [2.75, 3.05) is 23.3 Å². The number of alkyl halides is 1. The molecule has 2 rings (SSSR count). The number of nitrogens with zero attached hydrogens (tertiary/aromatic N) is 2. The average Bonchev–Trinajstić information content (AvgIpc) is 2.26. The lowest BCUT2D eigenvalue weighted by Crippen LogP contribution is -2.53. The summed E-state index contributed by atoms with van der Waals surface area (Å²) in [7, 11) is 0. The van der Waals surface area contributed by atoms with Crippen LogP contribution in [0.2, 0.25) is 0 Å². The number of aromatic nitrogens is 1. The Morgan fingerprint density at radius 1 is 1.56 bits per heavy atom. The second-order valence-electron chi connectivity index (χ2n) is 4.99. The maximum absolute atomic E-state index is 13.7. The number of halogens is 3. The van der Waals surface area contributed by atoms with Gasteiger partial charge in [0, 0.05) is 24.5 Å². The second kappa shape index (κ2) is 5.09. The van der Waals surface area contributed by atoms with Crippen molar-refractivity contribution in [1.29, 1.82) is 0 Å². The van der Waals surface area contributed by atoms with E-state index in [1.54, 1.807) is 4.90 Å². The minimum absolute atomic E-state index is 0.0417. The quantitative estimate of drug-likeness (QED) is 0.783. The van der Waals surface area contributed by atoms with Gasteiger partial charge in [0.2, 0.25) is 0 Å². The first-order valence-electron chi connectivity index (χ1n) is 5.71. The van der Waals surface area contributed by atoms with Gasteiger partial charge < -0.3 is 9.64 Å². The molecule has 0 spiro atoms. The SMILES string of the molecule is CC1(C)CN(c2ncc(F)cc2F)CC(CBr)O1. The van der Waals surface area contributed by atoms with Crippen LogP contribution in [0.1, 0.15) is 13.8 Å². The molecule has 3 nitrogen and oxygen atoms in total. The maximum Gasteiger partial charge on any atom is 0.168 e. The molecule has 0 aliphatic carbocycles. The molecule has 1 saturated heterocycles. The van der Waals surface area contributed by atoms with Crippen LogP contribution in [0.3, 0.4) is 0 Å². The first-order chi connectivity index (χ1) is 8.41. The maximum atomic E-state index is 13.7. The van der Waals surface area contributed by atoms with Gasteiger partial charge in [-0.3, -0.25) is 0 Å². The van der Waals surface area contributed by atoms with E-state index in [1.807, 2.05) is 13.8 Å². The van der Waals surface area contributed by atoms with E-state index in [1.165, 1.54) is 0 Å². The van der Waals surface area contributed by atoms with Crippen molar-refractivity contribution in [2.45, 2.75) is 25.6 Å². The van der Waals surface area contributed by atoms with Crippen LogP contribution in [-0.4, -0.2) is 35.1 Å². The highest BCUT2D eigenvalue weighted by molar-refractivity contribution is 9.09. The van der Waals surface area contributed by atoms with Crippen LogP contribution < -0.4 is 4.90 Å². The van der Waals surface area contributed by atoms with Gasteiger partial charge in [-0.25, -0.2) is 13.8 Å². The number of hydrogen-bond donors (Lipinski definition) is 0. The fraction of sp³-hybridized carbons (Fsp3) is 0.583. The first-order valence-corrected chi connectivity index (χ1v) is 6.83. The Labute approximate surface area is 113 Å². The summed E-state index contributed by atoms with van der Waals surface area (Å²) in [5, 5.41) is 0.662. The fourth-order valence-corrected chi connectivity index (χ4v) is 2.51. The molecule has 0 saturated carbocycles. The Morgan fingerprint density at radius 2 is 2.28 bits per heavy atom. The third-order valence-electron chi connectivity index (χ3n) is 2.74. The minimum atomic E-state index is -0.666. The van der Waals surface area contributed by atoms with E-state index in [4.69, 9.17) is 4.74 Å². The van der Waals surface area contributed by atoms with Crippen molar-refractivity contribution >= 4 is 21.7 Å². The van der Waals surface area contributed by atoms with Crippen LogP contribution in [0.4, 0.5) is 14.6 Å². The third kappa shape index (κ3) is 2.98. The summed E-state index contributed by atoms with van der Waals surface area (Å²) in [5.41, 5.74) is -0.390. The Balaban J connectivity index is 2.26. The molecule has 18 heavy (non-hydrogen) atoms. The number of rotatable bonds is 2. The molecule has 0 radical (unpaired) electrons. The van der Waals surface area contributed by atoms with E-state index in [0.717, 1.165) is 12.3 Å². The predicted molar refractivity (Wildman–Crippen MR) is 69.1 cm³/mol. The molecule has 1 aliphatic heterocycles. The Kier molecular flexibility index (Phi) is 3.87. The molecule has 1 aromatic heterocycles. The zero-order valence-corrected chi connectivity index (χ0v) is 11.9. The summed E-state index contributed by atoms with van der Waals surface area (Å²) in [4.78, 5) is 5.64. The lowest BCUT2D eigenvalue weighted by atomic mass is 10.1. The van der Waals surface area contributed by atoms with Gasteiger partial charge in [-0.15, -0.1) is 0 Å². The fourth-order valence-electron chi connectivity index (χ4n) is 2.18. The standard InChI is InChI=1S/C12H15BrF2N2O/c1-12(2)7-17(6-9(4-13)18-12)11-10(15)3-8(14)5-16-11/h3,5,9H,4,6-7H2,1-2H3. The highest BCUT2D eigenvalue weighted by Crippen LogP contribution is 2.27. The van der Waals surface area contributed by atoms with Gasteiger partial charge in [-0.2, -0.15) is 0 Å². The topological polar surface area (TPSA) is 25.4 Å². The van der Waals surface area contributed by atoms with Gasteiger partial charge in [0.05, 0.1) is 17.9 Å². The molecule has 0 bridgehead atoms. The number of hydrogen-bond acceptors (Lipinski definition) is 3. The number of anilines is 1. The van der Waals surface area contributed by atoms with Crippen molar-refractivity contribution in [2.24, 2.45) is 0 Å². The summed E-state index contributed by atoms with van der Waals surface area (Å²) in [5.74, 6) is -1.12. The normalized spacial score (nSPS) is 23.2. The van der Waals surface area contributed by atoms with Crippen molar-refractivity contribution in [3.63, 3.8) is 0 Å². The summed E-state index contributed by atoms with van der Waals surface area (Å²) in [6, 6.07) is 0.855. The lowest BCUT2D eigenvalue weighted by Gasteiger charge is -2.42. The molecule has 1 unspecified atom stereocenters. The zero-order valence-electron chi connectivity index (χ0n) is 10.3. The summed E-state index contributed by atoms with van der Waals surface area (Å²) in [6.07, 6.45) is 0.990. The van der Waals surface area contributed by atoms with E-state index < -0.39 is 11.6 Å². The second-order valence-corrected chi connectivity index (χ2v) is 5.64. The van der Waals surface area contributed by atoms with Gasteiger partial charge in [-0.05, 0) is 13.8 Å². The van der Waals surface area contributed by atoms with Crippen LogP contribution in [0.5, 0.6) is 0 Å². The Bertz CT molecular complexity index is 442. The van der Waals surface area contributed by atoms with Crippen molar-refractivity contribution in [3.8, 4) is 0 Å². The van der Waals surface area contributed by atoms with Crippen molar-refractivity contribution in [3.05, 3.63) is 23.9 Å². The van der Waals surface area contributed by atoms with Gasteiger partial charge in [0.25, 0.3) is 0 Å².